The first-order chi connectivity index (χ1) is 15.6. The van der Waals surface area contributed by atoms with Crippen molar-refractivity contribution >= 4 is 5.97 Å². The van der Waals surface area contributed by atoms with Crippen LogP contribution in [0.15, 0.2) is 60.7 Å². The molecule has 3 aromatic rings. The van der Waals surface area contributed by atoms with Gasteiger partial charge in [-0.25, -0.2) is 0 Å². The van der Waals surface area contributed by atoms with Gasteiger partial charge in [0.2, 0.25) is 6.79 Å². The Morgan fingerprint density at radius 3 is 2.56 bits per heavy atom. The van der Waals surface area contributed by atoms with Crippen molar-refractivity contribution in [3.63, 3.8) is 0 Å². The molecule has 32 heavy (non-hydrogen) atoms. The second-order valence-electron chi connectivity index (χ2n) is 8.40. The third kappa shape index (κ3) is 4.03. The van der Waals surface area contributed by atoms with Crippen LogP contribution < -0.4 is 14.2 Å². The predicted molar refractivity (Wildman–Crippen MR) is 121 cm³/mol. The SMILES string of the molecule is CC[C@H](CC(=O)O)c1ccc(OC2CCc3cc(-c4ccc5c(c4)OCO5)ccc32)cc1. The Hall–Kier alpha value is -3.47. The van der Waals surface area contributed by atoms with Gasteiger partial charge in [0.1, 0.15) is 11.9 Å². The molecule has 0 amide bonds. The molecule has 0 spiro atoms. The van der Waals surface area contributed by atoms with Crippen molar-refractivity contribution in [3.05, 3.63) is 77.4 Å². The first-order valence-corrected chi connectivity index (χ1v) is 11.1. The highest BCUT2D eigenvalue weighted by Crippen LogP contribution is 2.40. The van der Waals surface area contributed by atoms with Gasteiger partial charge in [-0.15, -0.1) is 0 Å². The van der Waals surface area contributed by atoms with E-state index < -0.39 is 5.97 Å². The zero-order valence-electron chi connectivity index (χ0n) is 18.0. The second kappa shape index (κ2) is 8.58. The summed E-state index contributed by atoms with van der Waals surface area (Å²) in [4.78, 5) is 11.1. The van der Waals surface area contributed by atoms with E-state index in [1.54, 1.807) is 0 Å². The molecule has 5 heteroatoms. The Morgan fingerprint density at radius 1 is 1.03 bits per heavy atom. The fraction of sp³-hybridized carbons (Fsp3) is 0.296. The van der Waals surface area contributed by atoms with Gasteiger partial charge in [0.05, 0.1) is 6.42 Å². The summed E-state index contributed by atoms with van der Waals surface area (Å²) in [7, 11) is 0. The fourth-order valence-corrected chi connectivity index (χ4v) is 4.65. The number of benzene rings is 3. The molecule has 0 aromatic heterocycles. The van der Waals surface area contributed by atoms with Crippen LogP contribution >= 0.6 is 0 Å². The molecule has 0 radical (unpaired) electrons. The third-order valence-corrected chi connectivity index (χ3v) is 6.42. The highest BCUT2D eigenvalue weighted by atomic mass is 16.7. The average molecular weight is 431 g/mol. The van der Waals surface area contributed by atoms with Crippen LogP contribution in [0.2, 0.25) is 0 Å². The number of aryl methyl sites for hydroxylation is 1. The lowest BCUT2D eigenvalue weighted by Gasteiger charge is -2.17. The number of aliphatic carboxylic acids is 1. The van der Waals surface area contributed by atoms with Crippen molar-refractivity contribution in [1.29, 1.82) is 0 Å². The van der Waals surface area contributed by atoms with Crippen LogP contribution in [0.5, 0.6) is 17.2 Å². The van der Waals surface area contributed by atoms with Crippen molar-refractivity contribution < 1.29 is 24.1 Å². The lowest BCUT2D eigenvalue weighted by atomic mass is 9.93. The van der Waals surface area contributed by atoms with Gasteiger partial charge in [-0.2, -0.15) is 0 Å². The van der Waals surface area contributed by atoms with E-state index in [0.717, 1.165) is 53.2 Å². The molecule has 1 heterocycles. The molecular weight excluding hydrogens is 404 g/mol. The predicted octanol–water partition coefficient (Wildman–Crippen LogP) is 6.12. The van der Waals surface area contributed by atoms with E-state index in [0.29, 0.717) is 0 Å². The number of ether oxygens (including phenoxy) is 3. The summed E-state index contributed by atoms with van der Waals surface area (Å²) in [6, 6.07) is 20.5. The smallest absolute Gasteiger partial charge is 0.303 e. The normalized spacial score (nSPS) is 17.1. The molecule has 1 aliphatic carbocycles. The molecule has 3 aromatic carbocycles. The van der Waals surface area contributed by atoms with E-state index in [2.05, 4.69) is 24.3 Å². The molecular formula is C27H26O5. The lowest BCUT2D eigenvalue weighted by molar-refractivity contribution is -0.137. The number of rotatable bonds is 7. The standard InChI is InChI=1S/C27H26O5/c1-2-17(15-27(28)29)18-3-8-22(9-4-18)32-24-11-7-21-13-19(5-10-23(21)24)20-6-12-25-26(14-20)31-16-30-25/h3-6,8-10,12-14,17,24H,2,7,11,15-16H2,1H3,(H,28,29)/t17-,24?/m1/s1. The topological polar surface area (TPSA) is 65.0 Å². The minimum absolute atomic E-state index is 0.0302. The molecule has 0 saturated heterocycles. The lowest BCUT2D eigenvalue weighted by Crippen LogP contribution is -2.06. The minimum atomic E-state index is -0.764. The van der Waals surface area contributed by atoms with Crippen LogP contribution in [-0.4, -0.2) is 17.9 Å². The van der Waals surface area contributed by atoms with Crippen molar-refractivity contribution in [3.8, 4) is 28.4 Å². The first kappa shape index (κ1) is 20.4. The molecule has 1 aliphatic heterocycles. The quantitative estimate of drug-likeness (QED) is 0.489. The molecule has 164 valence electrons. The Kier molecular flexibility index (Phi) is 5.48. The zero-order valence-corrected chi connectivity index (χ0v) is 18.0. The average Bonchev–Trinajstić information content (AvgIpc) is 3.44. The molecule has 1 unspecified atom stereocenters. The Balaban J connectivity index is 1.30. The first-order valence-electron chi connectivity index (χ1n) is 11.1. The van der Waals surface area contributed by atoms with Gasteiger partial charge in [-0.1, -0.05) is 43.3 Å². The summed E-state index contributed by atoms with van der Waals surface area (Å²) >= 11 is 0. The van der Waals surface area contributed by atoms with Gasteiger partial charge in [0.25, 0.3) is 0 Å². The number of carbonyl (C=O) groups is 1. The molecule has 2 aliphatic rings. The number of fused-ring (bicyclic) bond motifs is 2. The Labute approximate surface area is 187 Å². The van der Waals surface area contributed by atoms with E-state index in [9.17, 15) is 4.79 Å². The Bertz CT molecular complexity index is 1140. The summed E-state index contributed by atoms with van der Waals surface area (Å²) in [5.41, 5.74) is 5.87. The van der Waals surface area contributed by atoms with Crippen molar-refractivity contribution in [2.24, 2.45) is 0 Å². The Morgan fingerprint density at radius 2 is 1.78 bits per heavy atom. The fourth-order valence-electron chi connectivity index (χ4n) is 4.65. The van der Waals surface area contributed by atoms with Gasteiger partial charge >= 0.3 is 5.97 Å². The van der Waals surface area contributed by atoms with Gasteiger partial charge < -0.3 is 19.3 Å². The number of hydrogen-bond acceptors (Lipinski definition) is 4. The molecule has 2 atom stereocenters. The van der Waals surface area contributed by atoms with Crippen molar-refractivity contribution in [1.82, 2.24) is 0 Å². The monoisotopic (exact) mass is 430 g/mol. The van der Waals surface area contributed by atoms with Gasteiger partial charge in [0.15, 0.2) is 11.5 Å². The van der Waals surface area contributed by atoms with Crippen LogP contribution in [-0.2, 0) is 11.2 Å². The van der Waals surface area contributed by atoms with E-state index in [4.69, 9.17) is 19.3 Å². The highest BCUT2D eigenvalue weighted by molar-refractivity contribution is 5.69. The second-order valence-corrected chi connectivity index (χ2v) is 8.40. The van der Waals surface area contributed by atoms with Gasteiger partial charge in [0, 0.05) is 0 Å². The summed E-state index contributed by atoms with van der Waals surface area (Å²) < 4.78 is 17.2. The number of carboxylic acid groups (broad SMARTS) is 1. The van der Waals surface area contributed by atoms with E-state index in [1.807, 2.05) is 43.3 Å². The van der Waals surface area contributed by atoms with Crippen molar-refractivity contribution in [2.45, 2.75) is 44.6 Å². The van der Waals surface area contributed by atoms with Crippen molar-refractivity contribution in [2.75, 3.05) is 6.79 Å². The van der Waals surface area contributed by atoms with Crippen LogP contribution in [0, 0.1) is 0 Å². The number of hydrogen-bond donors (Lipinski definition) is 1. The van der Waals surface area contributed by atoms with E-state index in [1.165, 1.54) is 11.1 Å². The number of carboxylic acids is 1. The largest absolute Gasteiger partial charge is 0.486 e. The molecule has 5 nitrogen and oxygen atoms in total. The van der Waals surface area contributed by atoms with Crippen LogP contribution in [0.1, 0.15) is 54.9 Å². The molecule has 0 bridgehead atoms. The van der Waals surface area contributed by atoms with Crippen LogP contribution in [0.25, 0.3) is 11.1 Å². The maximum atomic E-state index is 11.1. The summed E-state index contributed by atoms with van der Waals surface area (Å²) in [6.07, 6.45) is 2.90. The van der Waals surface area contributed by atoms with Gasteiger partial charge in [-0.3, -0.25) is 4.79 Å². The summed E-state index contributed by atoms with van der Waals surface area (Å²) in [6.45, 7) is 2.30. The minimum Gasteiger partial charge on any atom is -0.486 e. The molecule has 5 rings (SSSR count). The van der Waals surface area contributed by atoms with E-state index >= 15 is 0 Å². The van der Waals surface area contributed by atoms with Crippen LogP contribution in [0.3, 0.4) is 0 Å². The maximum absolute atomic E-state index is 11.1. The molecule has 0 saturated carbocycles. The molecule has 0 fully saturated rings. The summed E-state index contributed by atoms with van der Waals surface area (Å²) in [5.74, 6) is 1.67. The zero-order chi connectivity index (χ0) is 22.1. The third-order valence-electron chi connectivity index (χ3n) is 6.42. The highest BCUT2D eigenvalue weighted by Gasteiger charge is 2.25. The molecule has 1 N–H and O–H groups in total. The van der Waals surface area contributed by atoms with Crippen LogP contribution in [0.4, 0.5) is 0 Å². The van der Waals surface area contributed by atoms with E-state index in [-0.39, 0.29) is 25.2 Å². The van der Waals surface area contributed by atoms with Gasteiger partial charge in [-0.05, 0) is 77.3 Å². The summed E-state index contributed by atoms with van der Waals surface area (Å²) in [5, 5.41) is 9.11. The maximum Gasteiger partial charge on any atom is 0.303 e.